The summed E-state index contributed by atoms with van der Waals surface area (Å²) in [6, 6.07) is 10.1. The second-order valence-corrected chi connectivity index (χ2v) is 6.42. The molecule has 0 atom stereocenters. The maximum Gasteiger partial charge on any atom is 0.337 e. The fourth-order valence-electron chi connectivity index (χ4n) is 2.27. The first-order valence-corrected chi connectivity index (χ1v) is 8.08. The Bertz CT molecular complexity index is 1030. The lowest BCUT2D eigenvalue weighted by atomic mass is 10.1. The number of benzene rings is 2. The summed E-state index contributed by atoms with van der Waals surface area (Å²) in [4.78, 5) is 34.2. The second kappa shape index (κ2) is 6.50. The Kier molecular flexibility index (Phi) is 4.39. The van der Waals surface area contributed by atoms with Crippen LogP contribution in [0.4, 0.5) is 11.4 Å². The number of para-hydroxylation sites is 1. The molecule has 0 aliphatic carbocycles. The first-order valence-electron chi connectivity index (χ1n) is 6.88. The summed E-state index contributed by atoms with van der Waals surface area (Å²) < 4.78 is 0.496. The predicted molar refractivity (Wildman–Crippen MR) is 94.8 cm³/mol. The number of carbonyl (C=O) groups excluding carboxylic acids is 1. The number of carbonyl (C=O) groups is 2. The quantitative estimate of drug-likeness (QED) is 0.517. The van der Waals surface area contributed by atoms with Gasteiger partial charge in [-0.3, -0.25) is 14.9 Å². The lowest BCUT2D eigenvalue weighted by Gasteiger charge is -2.07. The van der Waals surface area contributed by atoms with Gasteiger partial charge in [0.1, 0.15) is 4.88 Å². The van der Waals surface area contributed by atoms with Crippen LogP contribution in [-0.4, -0.2) is 21.9 Å². The van der Waals surface area contributed by atoms with Crippen LogP contribution in [0.25, 0.3) is 10.1 Å². The molecule has 0 aliphatic rings. The Labute approximate surface area is 149 Å². The number of rotatable bonds is 4. The van der Waals surface area contributed by atoms with Crippen LogP contribution in [-0.2, 0) is 0 Å². The van der Waals surface area contributed by atoms with Gasteiger partial charge in [-0.05, 0) is 18.2 Å². The topological polar surface area (TPSA) is 110 Å². The number of carboxylic acids is 1. The van der Waals surface area contributed by atoms with Crippen molar-refractivity contribution < 1.29 is 19.6 Å². The Hall–Kier alpha value is -2.97. The number of amides is 1. The van der Waals surface area contributed by atoms with Crippen molar-refractivity contribution in [1.82, 2.24) is 0 Å². The van der Waals surface area contributed by atoms with Crippen LogP contribution < -0.4 is 5.32 Å². The number of nitro benzene ring substituents is 1. The van der Waals surface area contributed by atoms with Crippen molar-refractivity contribution in [2.75, 3.05) is 5.32 Å². The Morgan fingerprint density at radius 3 is 2.60 bits per heavy atom. The number of hydrogen-bond acceptors (Lipinski definition) is 5. The van der Waals surface area contributed by atoms with Crippen LogP contribution >= 0.6 is 22.9 Å². The number of nitro groups is 1. The van der Waals surface area contributed by atoms with Gasteiger partial charge in [-0.1, -0.05) is 23.7 Å². The molecule has 25 heavy (non-hydrogen) atoms. The van der Waals surface area contributed by atoms with Crippen molar-refractivity contribution in [3.63, 3.8) is 0 Å². The molecule has 9 heteroatoms. The zero-order valence-electron chi connectivity index (χ0n) is 12.4. The number of anilines is 1. The molecule has 0 saturated heterocycles. The average Bonchev–Trinajstić information content (AvgIpc) is 2.91. The number of thiophene rings is 1. The summed E-state index contributed by atoms with van der Waals surface area (Å²) in [7, 11) is 0. The number of carboxylic acid groups (broad SMARTS) is 1. The maximum absolute atomic E-state index is 12.5. The van der Waals surface area contributed by atoms with Crippen molar-refractivity contribution in [3.05, 3.63) is 68.0 Å². The number of fused-ring (bicyclic) bond motifs is 1. The van der Waals surface area contributed by atoms with E-state index in [-0.39, 0.29) is 26.8 Å². The number of hydrogen-bond donors (Lipinski definition) is 2. The van der Waals surface area contributed by atoms with Crippen molar-refractivity contribution >= 4 is 56.3 Å². The van der Waals surface area contributed by atoms with Crippen LogP contribution in [0, 0.1) is 10.1 Å². The van der Waals surface area contributed by atoms with Crippen LogP contribution in [0.2, 0.25) is 5.02 Å². The molecule has 0 saturated carbocycles. The molecule has 1 aromatic heterocycles. The van der Waals surface area contributed by atoms with Crippen molar-refractivity contribution in [1.29, 1.82) is 0 Å². The second-order valence-electron chi connectivity index (χ2n) is 4.99. The Morgan fingerprint density at radius 2 is 1.92 bits per heavy atom. The Morgan fingerprint density at radius 1 is 1.20 bits per heavy atom. The Balaban J connectivity index is 1.99. The third kappa shape index (κ3) is 3.17. The minimum absolute atomic E-state index is 0.0521. The molecule has 0 radical (unpaired) electrons. The highest BCUT2D eigenvalue weighted by Gasteiger charge is 2.20. The zero-order chi connectivity index (χ0) is 18.1. The number of aromatic carboxylic acids is 1. The molecule has 0 spiro atoms. The molecule has 1 amide bonds. The first kappa shape index (κ1) is 16.9. The molecule has 7 nitrogen and oxygen atoms in total. The van der Waals surface area contributed by atoms with E-state index in [2.05, 4.69) is 5.32 Å². The van der Waals surface area contributed by atoms with E-state index in [1.165, 1.54) is 30.3 Å². The predicted octanol–water partition coefficient (Wildman–Crippen LogP) is 4.41. The van der Waals surface area contributed by atoms with Gasteiger partial charge >= 0.3 is 5.97 Å². The van der Waals surface area contributed by atoms with Crippen LogP contribution in [0.5, 0.6) is 0 Å². The lowest BCUT2D eigenvalue weighted by molar-refractivity contribution is -0.384. The van der Waals surface area contributed by atoms with E-state index >= 15 is 0 Å². The lowest BCUT2D eigenvalue weighted by Crippen LogP contribution is -2.13. The van der Waals surface area contributed by atoms with Crippen LogP contribution in [0.1, 0.15) is 20.0 Å². The van der Waals surface area contributed by atoms with Gasteiger partial charge in [-0.15, -0.1) is 11.3 Å². The zero-order valence-corrected chi connectivity index (χ0v) is 13.9. The third-order valence-corrected chi connectivity index (χ3v) is 5.09. The number of halogens is 1. The molecule has 1 heterocycles. The largest absolute Gasteiger partial charge is 0.478 e. The summed E-state index contributed by atoms with van der Waals surface area (Å²) in [5.74, 6) is -1.75. The normalized spacial score (nSPS) is 10.6. The van der Waals surface area contributed by atoms with Gasteiger partial charge in [0.2, 0.25) is 0 Å². The van der Waals surface area contributed by atoms with E-state index in [0.717, 1.165) is 11.3 Å². The van der Waals surface area contributed by atoms with Crippen molar-refractivity contribution in [2.24, 2.45) is 0 Å². The van der Waals surface area contributed by atoms with E-state index in [9.17, 15) is 19.7 Å². The average molecular weight is 377 g/mol. The molecule has 3 aromatic rings. The van der Waals surface area contributed by atoms with Gasteiger partial charge in [-0.2, -0.15) is 0 Å². The van der Waals surface area contributed by atoms with E-state index in [1.54, 1.807) is 12.1 Å². The minimum Gasteiger partial charge on any atom is -0.478 e. The van der Waals surface area contributed by atoms with Gasteiger partial charge in [-0.25, -0.2) is 4.79 Å². The monoisotopic (exact) mass is 376 g/mol. The fourth-order valence-corrected chi connectivity index (χ4v) is 3.72. The summed E-state index contributed by atoms with van der Waals surface area (Å²) in [6.45, 7) is 0. The van der Waals surface area contributed by atoms with Crippen LogP contribution in [0.15, 0.2) is 42.5 Å². The SMILES string of the molecule is O=C(O)c1ccccc1NC(=O)c1sc2cc([N+](=O)[O-])ccc2c1Cl. The highest BCUT2D eigenvalue weighted by atomic mass is 35.5. The molecular formula is C16H9ClN2O5S. The molecule has 2 aromatic carbocycles. The van der Waals surface area contributed by atoms with E-state index in [1.807, 2.05) is 0 Å². The van der Waals surface area contributed by atoms with Gasteiger partial charge in [0.05, 0.1) is 21.2 Å². The van der Waals surface area contributed by atoms with Crippen LogP contribution in [0.3, 0.4) is 0 Å². The smallest absolute Gasteiger partial charge is 0.337 e. The number of nitrogens with zero attached hydrogens (tertiary/aromatic N) is 1. The summed E-state index contributed by atoms with van der Waals surface area (Å²) in [5.41, 5.74) is -0.0168. The molecule has 0 aliphatic heterocycles. The molecule has 2 N–H and O–H groups in total. The summed E-state index contributed by atoms with van der Waals surface area (Å²) in [6.07, 6.45) is 0. The molecule has 0 unspecified atom stereocenters. The first-order chi connectivity index (χ1) is 11.9. The molecule has 3 rings (SSSR count). The maximum atomic E-state index is 12.5. The van der Waals surface area contributed by atoms with E-state index in [0.29, 0.717) is 10.1 Å². The van der Waals surface area contributed by atoms with Crippen molar-refractivity contribution in [2.45, 2.75) is 0 Å². The molecular weight excluding hydrogens is 368 g/mol. The van der Waals surface area contributed by atoms with Gasteiger partial charge < -0.3 is 10.4 Å². The number of nitrogens with one attached hydrogen (secondary N) is 1. The number of non-ortho nitro benzene ring substituents is 1. The fraction of sp³-hybridized carbons (Fsp3) is 0. The molecule has 126 valence electrons. The molecule has 0 fully saturated rings. The van der Waals surface area contributed by atoms with E-state index < -0.39 is 16.8 Å². The highest BCUT2D eigenvalue weighted by molar-refractivity contribution is 7.21. The molecule has 0 bridgehead atoms. The van der Waals surface area contributed by atoms with E-state index in [4.69, 9.17) is 16.7 Å². The third-order valence-electron chi connectivity index (χ3n) is 3.44. The van der Waals surface area contributed by atoms with Gasteiger partial charge in [0, 0.05) is 22.2 Å². The highest BCUT2D eigenvalue weighted by Crippen LogP contribution is 2.37. The minimum atomic E-state index is -1.17. The van der Waals surface area contributed by atoms with Gasteiger partial charge in [0.25, 0.3) is 11.6 Å². The standard InChI is InChI=1S/C16H9ClN2O5S/c17-13-10-6-5-8(19(23)24)7-12(10)25-14(13)15(20)18-11-4-2-1-3-9(11)16(21)22/h1-7H,(H,18,20)(H,21,22). The van der Waals surface area contributed by atoms with Gasteiger partial charge in [0.15, 0.2) is 0 Å². The van der Waals surface area contributed by atoms with Crippen molar-refractivity contribution in [3.8, 4) is 0 Å². The summed E-state index contributed by atoms with van der Waals surface area (Å²) >= 11 is 7.22. The summed E-state index contributed by atoms with van der Waals surface area (Å²) in [5, 5.41) is 23.2.